The third-order valence-corrected chi connectivity index (χ3v) is 12.0. The Morgan fingerprint density at radius 2 is 0.841 bits per heavy atom. The van der Waals surface area contributed by atoms with E-state index < -0.39 is 54.7 Å². The van der Waals surface area contributed by atoms with Crippen molar-refractivity contribution >= 4 is 17.9 Å². The molecule has 1 fully saturated rings. The van der Waals surface area contributed by atoms with Crippen molar-refractivity contribution in [3.8, 4) is 0 Å². The van der Waals surface area contributed by atoms with Crippen LogP contribution < -0.4 is 0 Å². The molecule has 0 aromatic carbocycles. The van der Waals surface area contributed by atoms with Gasteiger partial charge in [-0.3, -0.25) is 9.59 Å². The fourth-order valence-corrected chi connectivity index (χ4v) is 7.93. The van der Waals surface area contributed by atoms with E-state index in [4.69, 9.17) is 18.9 Å². The number of allylic oxidation sites excluding steroid dienone is 4. The smallest absolute Gasteiger partial charge is 0.335 e. The third-order valence-electron chi connectivity index (χ3n) is 12.0. The van der Waals surface area contributed by atoms with Crippen LogP contribution >= 0.6 is 0 Å². The molecule has 0 aromatic rings. The number of ether oxygens (including phenoxy) is 4. The van der Waals surface area contributed by atoms with Crippen LogP contribution in [-0.2, 0) is 33.3 Å². The Morgan fingerprint density at radius 3 is 1.24 bits per heavy atom. The molecule has 0 bridgehead atoms. The van der Waals surface area contributed by atoms with Crippen molar-refractivity contribution in [1.29, 1.82) is 0 Å². The summed E-state index contributed by atoms with van der Waals surface area (Å²) in [5.74, 6) is -2.44. The summed E-state index contributed by atoms with van der Waals surface area (Å²) in [5.41, 5.74) is 0. The number of aliphatic hydroxyl groups is 3. The van der Waals surface area contributed by atoms with E-state index in [1.807, 2.05) is 0 Å². The van der Waals surface area contributed by atoms with Gasteiger partial charge in [0.25, 0.3) is 0 Å². The molecule has 368 valence electrons. The molecule has 1 heterocycles. The lowest BCUT2D eigenvalue weighted by molar-refractivity contribution is -0.298. The van der Waals surface area contributed by atoms with Gasteiger partial charge in [0.15, 0.2) is 18.5 Å². The Balaban J connectivity index is 2.26. The van der Waals surface area contributed by atoms with Crippen LogP contribution in [-0.4, -0.2) is 88.4 Å². The molecule has 0 amide bonds. The van der Waals surface area contributed by atoms with E-state index in [9.17, 15) is 34.8 Å². The lowest BCUT2D eigenvalue weighted by atomic mass is 9.99. The highest BCUT2D eigenvalue weighted by Gasteiger charge is 2.47. The van der Waals surface area contributed by atoms with Gasteiger partial charge in [-0.05, 0) is 64.2 Å². The molecule has 0 spiro atoms. The Kier molecular flexibility index (Phi) is 39.4. The average molecular weight is 895 g/mol. The molecule has 0 saturated carbocycles. The van der Waals surface area contributed by atoms with E-state index in [2.05, 4.69) is 38.2 Å². The van der Waals surface area contributed by atoms with Gasteiger partial charge < -0.3 is 39.4 Å². The molecular formula is C52H94O11. The zero-order valence-electron chi connectivity index (χ0n) is 40.1. The number of unbranched alkanes of at least 4 members (excludes halogenated alkanes) is 29. The summed E-state index contributed by atoms with van der Waals surface area (Å²) in [6.45, 7) is 3.82. The third kappa shape index (κ3) is 33.8. The number of hydrogen-bond acceptors (Lipinski definition) is 10. The van der Waals surface area contributed by atoms with Crippen molar-refractivity contribution in [2.45, 2.75) is 275 Å². The maximum absolute atomic E-state index is 12.8. The second-order valence-electron chi connectivity index (χ2n) is 18.0. The predicted molar refractivity (Wildman–Crippen MR) is 252 cm³/mol. The molecule has 1 saturated heterocycles. The van der Waals surface area contributed by atoms with Gasteiger partial charge in [-0.15, -0.1) is 0 Å². The average Bonchev–Trinajstić information content (AvgIpc) is 3.27. The van der Waals surface area contributed by atoms with Crippen LogP contribution in [0.3, 0.4) is 0 Å². The Hall–Kier alpha value is -2.31. The minimum Gasteiger partial charge on any atom is -0.479 e. The lowest BCUT2D eigenvalue weighted by Gasteiger charge is -2.38. The van der Waals surface area contributed by atoms with Gasteiger partial charge in [0.1, 0.15) is 24.9 Å². The van der Waals surface area contributed by atoms with Gasteiger partial charge in [0.2, 0.25) is 0 Å². The largest absolute Gasteiger partial charge is 0.479 e. The molecule has 1 rings (SSSR count). The highest BCUT2D eigenvalue weighted by molar-refractivity contribution is 5.73. The molecule has 4 N–H and O–H groups in total. The normalized spacial score (nSPS) is 19.5. The first-order valence-electron chi connectivity index (χ1n) is 25.9. The number of carboxylic acid groups (broad SMARTS) is 1. The van der Waals surface area contributed by atoms with Gasteiger partial charge in [-0.1, -0.05) is 186 Å². The van der Waals surface area contributed by atoms with Crippen LogP contribution in [0.15, 0.2) is 24.3 Å². The van der Waals surface area contributed by atoms with E-state index in [1.165, 1.54) is 141 Å². The summed E-state index contributed by atoms with van der Waals surface area (Å²) in [7, 11) is 0. The molecule has 6 unspecified atom stereocenters. The van der Waals surface area contributed by atoms with Crippen LogP contribution in [0.1, 0.15) is 239 Å². The van der Waals surface area contributed by atoms with Gasteiger partial charge in [-0.25, -0.2) is 4.79 Å². The fourth-order valence-electron chi connectivity index (χ4n) is 7.93. The monoisotopic (exact) mass is 895 g/mol. The van der Waals surface area contributed by atoms with Crippen LogP contribution in [0.2, 0.25) is 0 Å². The van der Waals surface area contributed by atoms with Crippen LogP contribution in [0.5, 0.6) is 0 Å². The zero-order chi connectivity index (χ0) is 46.0. The SMILES string of the molecule is CCCCCCC/C=C\CCCCCCCC(=O)OC(COC(=O)CCCCCCCCCCCCC/C=C\CCCCCCCCCC)COC1OC(C(=O)O)C(O)C(O)C1O. The van der Waals surface area contributed by atoms with E-state index in [1.54, 1.807) is 0 Å². The Bertz CT molecular complexity index is 1140. The number of rotatable bonds is 44. The first-order valence-corrected chi connectivity index (χ1v) is 25.9. The first-order chi connectivity index (χ1) is 30.7. The number of aliphatic carboxylic acids is 1. The minimum atomic E-state index is -1.86. The molecule has 1 aliphatic heterocycles. The first kappa shape index (κ1) is 58.7. The molecular weight excluding hydrogens is 801 g/mol. The van der Waals surface area contributed by atoms with Gasteiger partial charge in [0, 0.05) is 12.8 Å². The topological polar surface area (TPSA) is 169 Å². The van der Waals surface area contributed by atoms with Gasteiger partial charge in [0.05, 0.1) is 6.61 Å². The number of aliphatic hydroxyl groups excluding tert-OH is 3. The highest BCUT2D eigenvalue weighted by Crippen LogP contribution is 2.23. The number of carbonyl (C=O) groups excluding carboxylic acids is 2. The van der Waals surface area contributed by atoms with Crippen LogP contribution in [0, 0.1) is 0 Å². The molecule has 11 nitrogen and oxygen atoms in total. The van der Waals surface area contributed by atoms with E-state index in [0.717, 1.165) is 57.8 Å². The minimum absolute atomic E-state index is 0.175. The van der Waals surface area contributed by atoms with Crippen molar-refractivity contribution in [3.63, 3.8) is 0 Å². The molecule has 11 heteroatoms. The second-order valence-corrected chi connectivity index (χ2v) is 18.0. The molecule has 6 atom stereocenters. The zero-order valence-corrected chi connectivity index (χ0v) is 40.1. The molecule has 0 aliphatic carbocycles. The van der Waals surface area contributed by atoms with Crippen LogP contribution in [0.4, 0.5) is 0 Å². The summed E-state index contributed by atoms with van der Waals surface area (Å²) in [5, 5.41) is 39.9. The fraction of sp³-hybridized carbons (Fsp3) is 0.865. The number of carbonyl (C=O) groups is 3. The standard InChI is InChI=1S/C52H94O11/c1-3-5-7-9-11-13-15-17-19-20-21-22-23-24-25-26-27-29-30-32-34-36-38-40-45(53)60-42-44(43-61-52-49(57)47(55)48(56)50(63-52)51(58)59)62-46(54)41-39-37-35-33-31-28-18-16-14-12-10-8-6-4-2/h16,18,20-21,44,47-50,52,55-57H,3-15,17,19,22-43H2,1-2H3,(H,58,59)/b18-16-,21-20-. The van der Waals surface area contributed by atoms with E-state index in [-0.39, 0.29) is 26.1 Å². The molecule has 0 aromatic heterocycles. The Morgan fingerprint density at radius 1 is 0.476 bits per heavy atom. The highest BCUT2D eigenvalue weighted by atomic mass is 16.7. The van der Waals surface area contributed by atoms with E-state index in [0.29, 0.717) is 12.8 Å². The Labute approximate surface area is 383 Å². The van der Waals surface area contributed by atoms with Crippen molar-refractivity contribution < 1.29 is 53.8 Å². The summed E-state index contributed by atoms with van der Waals surface area (Å²) in [6.07, 6.45) is 39.5. The van der Waals surface area contributed by atoms with Gasteiger partial charge in [-0.2, -0.15) is 0 Å². The van der Waals surface area contributed by atoms with Crippen molar-refractivity contribution in [2.24, 2.45) is 0 Å². The second kappa shape index (κ2) is 42.3. The maximum Gasteiger partial charge on any atom is 0.335 e. The van der Waals surface area contributed by atoms with Crippen LogP contribution in [0.25, 0.3) is 0 Å². The number of hydrogen-bond donors (Lipinski definition) is 4. The van der Waals surface area contributed by atoms with E-state index >= 15 is 0 Å². The number of carboxylic acids is 1. The summed E-state index contributed by atoms with van der Waals surface area (Å²) >= 11 is 0. The summed E-state index contributed by atoms with van der Waals surface area (Å²) in [4.78, 5) is 36.9. The summed E-state index contributed by atoms with van der Waals surface area (Å²) in [6, 6.07) is 0. The number of esters is 2. The maximum atomic E-state index is 12.8. The van der Waals surface area contributed by atoms with Crippen molar-refractivity contribution in [3.05, 3.63) is 24.3 Å². The molecule has 63 heavy (non-hydrogen) atoms. The molecule has 0 radical (unpaired) electrons. The van der Waals surface area contributed by atoms with Gasteiger partial charge >= 0.3 is 17.9 Å². The van der Waals surface area contributed by atoms with Crippen molar-refractivity contribution in [1.82, 2.24) is 0 Å². The summed E-state index contributed by atoms with van der Waals surface area (Å²) < 4.78 is 21.8. The predicted octanol–water partition coefficient (Wildman–Crippen LogP) is 12.2. The quantitative estimate of drug-likeness (QED) is 0.0261. The lowest BCUT2D eigenvalue weighted by Crippen LogP contribution is -2.60. The molecule has 1 aliphatic rings. The van der Waals surface area contributed by atoms with Crippen molar-refractivity contribution in [2.75, 3.05) is 13.2 Å².